The smallest absolute Gasteiger partial charge is 0.261 e. The Morgan fingerprint density at radius 2 is 1.83 bits per heavy atom. The van der Waals surface area contributed by atoms with Gasteiger partial charge in [0, 0.05) is 38.3 Å². The number of hydrogen-bond donors (Lipinski definition) is 2. The van der Waals surface area contributed by atoms with E-state index in [4.69, 9.17) is 9.47 Å². The number of likely N-dealkylation sites (N-methyl/N-ethyl adjacent to an activating group) is 1. The van der Waals surface area contributed by atoms with Gasteiger partial charge in [0.2, 0.25) is 0 Å². The van der Waals surface area contributed by atoms with E-state index in [2.05, 4.69) is 4.72 Å². The van der Waals surface area contributed by atoms with Crippen molar-refractivity contribution in [3.63, 3.8) is 0 Å². The highest BCUT2D eigenvalue weighted by atomic mass is 32.2. The molecule has 2 aromatic carbocycles. The Balaban J connectivity index is 1.68. The van der Waals surface area contributed by atoms with Gasteiger partial charge in [0.25, 0.3) is 26.0 Å². The summed E-state index contributed by atoms with van der Waals surface area (Å²) < 4.78 is 82.4. The van der Waals surface area contributed by atoms with E-state index in [0.717, 1.165) is 42.0 Å². The van der Waals surface area contributed by atoms with Crippen molar-refractivity contribution in [2.24, 2.45) is 5.92 Å². The molecule has 0 spiro atoms. The van der Waals surface area contributed by atoms with E-state index in [1.54, 1.807) is 24.4 Å². The molecule has 1 aliphatic rings. The van der Waals surface area contributed by atoms with Gasteiger partial charge in [-0.1, -0.05) is 13.0 Å². The van der Waals surface area contributed by atoms with E-state index in [0.29, 0.717) is 19.4 Å². The maximum absolute atomic E-state index is 14.3. The molecule has 0 bridgehead atoms. The molecule has 1 aromatic heterocycles. The minimum atomic E-state index is -4.12. The van der Waals surface area contributed by atoms with Crippen LogP contribution in [-0.2, 0) is 24.8 Å². The van der Waals surface area contributed by atoms with E-state index in [-0.39, 0.29) is 57.8 Å². The standard InChI is InChI=1S/C32H42FN3O8S3/c1-22-19-36(23(2)21-37)32(38)28-18-26(34-46(39,40)27-13-10-25(33)11-14-27)12-15-29(28)44-24(3)8-5-6-16-43-30(22)20-35(4)47(41,42)31-9-7-17-45-31/h7,9-15,17-18,22-24,30,34,37H,5-6,8,16,19-21H2,1-4H3/t22-,23+,24+,30+/m1/s1. The highest BCUT2D eigenvalue weighted by Crippen LogP contribution is 2.30. The maximum atomic E-state index is 14.3. The number of hydrogen-bond acceptors (Lipinski definition) is 9. The first kappa shape index (κ1) is 36.8. The number of thiophene rings is 1. The second-order valence-electron chi connectivity index (χ2n) is 11.8. The first-order valence-corrected chi connectivity index (χ1v) is 19.2. The summed E-state index contributed by atoms with van der Waals surface area (Å²) in [7, 11) is -6.37. The molecule has 2 heterocycles. The number of ether oxygens (including phenoxy) is 2. The zero-order chi connectivity index (χ0) is 34.4. The number of anilines is 1. The Bertz CT molecular complexity index is 1700. The molecule has 258 valence electrons. The van der Waals surface area contributed by atoms with Crippen molar-refractivity contribution >= 4 is 43.0 Å². The Morgan fingerprint density at radius 1 is 1.11 bits per heavy atom. The van der Waals surface area contributed by atoms with Crippen LogP contribution < -0.4 is 9.46 Å². The summed E-state index contributed by atoms with van der Waals surface area (Å²) in [4.78, 5) is 15.6. The van der Waals surface area contributed by atoms with E-state index >= 15 is 0 Å². The summed E-state index contributed by atoms with van der Waals surface area (Å²) >= 11 is 1.13. The normalized spacial score (nSPS) is 21.0. The highest BCUT2D eigenvalue weighted by Gasteiger charge is 2.33. The Kier molecular flexibility index (Phi) is 12.4. The van der Waals surface area contributed by atoms with Crippen molar-refractivity contribution in [3.05, 3.63) is 71.4 Å². The van der Waals surface area contributed by atoms with Crippen molar-refractivity contribution in [2.75, 3.05) is 38.1 Å². The maximum Gasteiger partial charge on any atom is 0.261 e. The summed E-state index contributed by atoms with van der Waals surface area (Å²) in [6.45, 7) is 5.57. The van der Waals surface area contributed by atoms with Crippen molar-refractivity contribution < 1.29 is 40.6 Å². The van der Waals surface area contributed by atoms with Crippen molar-refractivity contribution in [1.29, 1.82) is 0 Å². The number of aliphatic hydroxyl groups is 1. The number of carbonyl (C=O) groups excluding carboxylic acids is 1. The topological polar surface area (TPSA) is 143 Å². The van der Waals surface area contributed by atoms with Crippen LogP contribution >= 0.6 is 11.3 Å². The first-order chi connectivity index (χ1) is 22.2. The molecule has 1 aliphatic heterocycles. The lowest BCUT2D eigenvalue weighted by Gasteiger charge is -2.35. The number of amides is 1. The Morgan fingerprint density at radius 3 is 2.49 bits per heavy atom. The third-order valence-electron chi connectivity index (χ3n) is 8.02. The third-order valence-corrected chi connectivity index (χ3v) is 12.6. The predicted octanol–water partition coefficient (Wildman–Crippen LogP) is 4.80. The van der Waals surface area contributed by atoms with E-state index < -0.39 is 43.9 Å². The SMILES string of the molecule is C[C@@H]1CN([C@@H](C)CO)C(=O)c2cc(NS(=O)(=O)c3ccc(F)cc3)ccc2O[C@@H](C)CCCCO[C@H]1CN(C)S(=O)(=O)c1cccs1. The quantitative estimate of drug-likeness (QED) is 0.322. The molecule has 0 saturated heterocycles. The van der Waals surface area contributed by atoms with Gasteiger partial charge in [-0.15, -0.1) is 11.3 Å². The van der Waals surface area contributed by atoms with E-state index in [1.807, 2.05) is 13.8 Å². The Hall–Kier alpha value is -3.08. The van der Waals surface area contributed by atoms with Crippen LogP contribution in [0.2, 0.25) is 0 Å². The lowest BCUT2D eigenvalue weighted by molar-refractivity contribution is -0.00832. The summed E-state index contributed by atoms with van der Waals surface area (Å²) in [5, 5.41) is 11.9. The van der Waals surface area contributed by atoms with Gasteiger partial charge in [-0.05, 0) is 87.0 Å². The average molecular weight is 712 g/mol. The van der Waals surface area contributed by atoms with Crippen LogP contribution in [0.15, 0.2) is 69.1 Å². The summed E-state index contributed by atoms with van der Waals surface area (Å²) in [6, 6.07) is 11.3. The fourth-order valence-electron chi connectivity index (χ4n) is 5.19. The van der Waals surface area contributed by atoms with Crippen molar-refractivity contribution in [1.82, 2.24) is 9.21 Å². The van der Waals surface area contributed by atoms with Gasteiger partial charge in [0.05, 0.1) is 35.3 Å². The molecule has 3 aromatic rings. The van der Waals surface area contributed by atoms with Gasteiger partial charge < -0.3 is 19.5 Å². The monoisotopic (exact) mass is 711 g/mol. The van der Waals surface area contributed by atoms with Crippen LogP contribution in [0.25, 0.3) is 0 Å². The number of fused-ring (bicyclic) bond motifs is 1. The van der Waals surface area contributed by atoms with Crippen LogP contribution in [-0.4, -0.2) is 88.7 Å². The van der Waals surface area contributed by atoms with Gasteiger partial charge in [-0.3, -0.25) is 9.52 Å². The average Bonchev–Trinajstić information content (AvgIpc) is 3.59. The number of halogens is 1. The zero-order valence-electron chi connectivity index (χ0n) is 26.8. The minimum Gasteiger partial charge on any atom is -0.490 e. The van der Waals surface area contributed by atoms with Crippen LogP contribution in [0.3, 0.4) is 0 Å². The van der Waals surface area contributed by atoms with Crippen molar-refractivity contribution in [3.8, 4) is 5.75 Å². The van der Waals surface area contributed by atoms with Crippen LogP contribution in [0.1, 0.15) is 50.4 Å². The number of nitrogens with zero attached hydrogens (tertiary/aromatic N) is 2. The number of rotatable bonds is 9. The molecule has 15 heteroatoms. The summed E-state index contributed by atoms with van der Waals surface area (Å²) in [5.41, 5.74) is 0.167. The second-order valence-corrected chi connectivity index (χ2v) is 16.7. The van der Waals surface area contributed by atoms with Crippen LogP contribution in [0, 0.1) is 11.7 Å². The molecule has 1 amide bonds. The number of nitrogens with one attached hydrogen (secondary N) is 1. The Labute approximate surface area is 280 Å². The largest absolute Gasteiger partial charge is 0.490 e. The molecule has 0 aliphatic carbocycles. The number of sulfonamides is 2. The molecule has 2 N–H and O–H groups in total. The fraction of sp³-hybridized carbons (Fsp3) is 0.469. The predicted molar refractivity (Wildman–Crippen MR) is 178 cm³/mol. The lowest BCUT2D eigenvalue weighted by atomic mass is 10.0. The first-order valence-electron chi connectivity index (χ1n) is 15.3. The van der Waals surface area contributed by atoms with Gasteiger partial charge in [0.1, 0.15) is 15.8 Å². The fourth-order valence-corrected chi connectivity index (χ4v) is 8.63. The highest BCUT2D eigenvalue weighted by molar-refractivity contribution is 7.92. The zero-order valence-corrected chi connectivity index (χ0v) is 29.3. The molecule has 11 nitrogen and oxygen atoms in total. The van der Waals surface area contributed by atoms with Gasteiger partial charge in [0.15, 0.2) is 0 Å². The van der Waals surface area contributed by atoms with E-state index in [9.17, 15) is 31.1 Å². The molecule has 0 saturated carbocycles. The van der Waals surface area contributed by atoms with Crippen LogP contribution in [0.5, 0.6) is 5.75 Å². The van der Waals surface area contributed by atoms with Crippen molar-refractivity contribution in [2.45, 2.75) is 67.4 Å². The molecule has 0 unspecified atom stereocenters. The number of carbonyl (C=O) groups is 1. The summed E-state index contributed by atoms with van der Waals surface area (Å²) in [5.74, 6) is -1.22. The van der Waals surface area contributed by atoms with Crippen LogP contribution in [0.4, 0.5) is 10.1 Å². The number of benzene rings is 2. The molecule has 4 atom stereocenters. The molecule has 4 rings (SSSR count). The lowest BCUT2D eigenvalue weighted by Crippen LogP contribution is -2.48. The molecule has 0 fully saturated rings. The summed E-state index contributed by atoms with van der Waals surface area (Å²) in [6.07, 6.45) is 1.20. The minimum absolute atomic E-state index is 0.0440. The van der Waals surface area contributed by atoms with Gasteiger partial charge >= 0.3 is 0 Å². The molecule has 0 radical (unpaired) electrons. The third kappa shape index (κ3) is 9.30. The number of aliphatic hydroxyl groups excluding tert-OH is 1. The van der Waals surface area contributed by atoms with Gasteiger partial charge in [-0.25, -0.2) is 21.2 Å². The molecule has 47 heavy (non-hydrogen) atoms. The van der Waals surface area contributed by atoms with Gasteiger partial charge in [-0.2, -0.15) is 4.31 Å². The van der Waals surface area contributed by atoms with E-state index in [1.165, 1.54) is 34.5 Å². The second kappa shape index (κ2) is 15.9. The molecular formula is C32H42FN3O8S3. The molecular weight excluding hydrogens is 670 g/mol.